The van der Waals surface area contributed by atoms with E-state index in [0.717, 1.165) is 5.56 Å². The molecule has 2 bridgehead atoms. The largest absolute Gasteiger partial charge is 0.468 e. The summed E-state index contributed by atoms with van der Waals surface area (Å²) in [6.45, 7) is 2.01. The second-order valence-electron chi connectivity index (χ2n) is 11.7. The fraction of sp³-hybridized carbons (Fsp3) is 0.452. The molecular weight excluding hydrogens is 528 g/mol. The Balaban J connectivity index is 1.45. The lowest BCUT2D eigenvalue weighted by Crippen LogP contribution is -2.86. The monoisotopic (exact) mass is 560 g/mol. The van der Waals surface area contributed by atoms with Gasteiger partial charge in [0.25, 0.3) is 0 Å². The van der Waals surface area contributed by atoms with Gasteiger partial charge < -0.3 is 29.4 Å². The van der Waals surface area contributed by atoms with E-state index in [1.807, 2.05) is 67.4 Å². The summed E-state index contributed by atoms with van der Waals surface area (Å²) in [6.07, 6.45) is 1.52. The highest BCUT2D eigenvalue weighted by atomic mass is 16.6. The summed E-state index contributed by atoms with van der Waals surface area (Å²) in [4.78, 5) is 44.5. The van der Waals surface area contributed by atoms with E-state index in [4.69, 9.17) is 18.9 Å². The molecule has 2 aromatic rings. The molecule has 0 radical (unpaired) electrons. The summed E-state index contributed by atoms with van der Waals surface area (Å²) >= 11 is 0. The number of para-hydroxylation sites is 1. The lowest BCUT2D eigenvalue weighted by molar-refractivity contribution is -0.254. The van der Waals surface area contributed by atoms with E-state index in [0.29, 0.717) is 17.8 Å². The van der Waals surface area contributed by atoms with Crippen molar-refractivity contribution in [3.05, 3.63) is 71.8 Å². The normalized spacial score (nSPS) is 39.9. The molecule has 1 aliphatic carbocycles. The minimum Gasteiger partial charge on any atom is -0.468 e. The molecule has 4 fully saturated rings. The molecule has 0 amide bonds. The van der Waals surface area contributed by atoms with Crippen molar-refractivity contribution in [1.29, 1.82) is 0 Å². The standard InChI is InChI=1S/C31H32N2O8/c1-18-28(40-18)17-33(2)25-23(35)24(28)30(26(36)38-3,27(37)39-15-9-12-19-10-5-4-6-11-19)29-16-22(34)41-31(25,29)32-21-14-8-7-13-20(21)29/h4-14,18,23-25,32,35H,15-17H2,1-3H3. The first kappa shape index (κ1) is 26.2. The number of piperidine rings is 1. The average molecular weight is 561 g/mol. The highest BCUT2D eigenvalue weighted by Crippen LogP contribution is 2.74. The van der Waals surface area contributed by atoms with Crippen LogP contribution >= 0.6 is 0 Å². The van der Waals surface area contributed by atoms with Crippen LogP contribution in [0.4, 0.5) is 5.69 Å². The van der Waals surface area contributed by atoms with Crippen LogP contribution < -0.4 is 5.32 Å². The third kappa shape index (κ3) is 2.99. The number of fused-ring (bicyclic) bond motifs is 4. The quantitative estimate of drug-likeness (QED) is 0.242. The van der Waals surface area contributed by atoms with Crippen LogP contribution in [0.1, 0.15) is 24.5 Å². The number of benzene rings is 2. The van der Waals surface area contributed by atoms with E-state index in [9.17, 15) is 19.5 Å². The van der Waals surface area contributed by atoms with Gasteiger partial charge in [-0.3, -0.25) is 19.3 Å². The number of likely N-dealkylation sites (tertiary alicyclic amines) is 1. The summed E-state index contributed by atoms with van der Waals surface area (Å²) in [5, 5.41) is 15.5. The number of likely N-dealkylation sites (N-methyl/N-ethyl adjacent to an activating group) is 1. The van der Waals surface area contributed by atoms with E-state index in [2.05, 4.69) is 5.32 Å². The Labute approximate surface area is 237 Å². The molecule has 1 saturated carbocycles. The number of methoxy groups -OCH3 is 1. The van der Waals surface area contributed by atoms with Crippen molar-refractivity contribution in [3.63, 3.8) is 0 Å². The number of aliphatic hydroxyl groups excluding tert-OH is 1. The number of hydrogen-bond acceptors (Lipinski definition) is 10. The van der Waals surface area contributed by atoms with E-state index in [1.165, 1.54) is 7.11 Å². The summed E-state index contributed by atoms with van der Waals surface area (Å²) in [6, 6.07) is 16.0. The van der Waals surface area contributed by atoms with Crippen molar-refractivity contribution in [1.82, 2.24) is 4.90 Å². The van der Waals surface area contributed by atoms with Crippen LogP contribution in [0.2, 0.25) is 0 Å². The van der Waals surface area contributed by atoms with Gasteiger partial charge in [0.05, 0.1) is 37.2 Å². The van der Waals surface area contributed by atoms with Crippen LogP contribution in [0.25, 0.3) is 6.08 Å². The van der Waals surface area contributed by atoms with Crippen molar-refractivity contribution in [2.75, 3.05) is 32.6 Å². The van der Waals surface area contributed by atoms with Crippen molar-refractivity contribution < 1.29 is 38.4 Å². The molecule has 2 aromatic carbocycles. The van der Waals surface area contributed by atoms with Gasteiger partial charge in [0, 0.05) is 18.2 Å². The fourth-order valence-corrected chi connectivity index (χ4v) is 8.65. The minimum absolute atomic E-state index is 0.144. The fourth-order valence-electron chi connectivity index (χ4n) is 8.65. The Bertz CT molecular complexity index is 1480. The van der Waals surface area contributed by atoms with E-state index >= 15 is 0 Å². The number of hydrogen-bond donors (Lipinski definition) is 2. The van der Waals surface area contributed by atoms with Crippen LogP contribution in [0.3, 0.4) is 0 Å². The van der Waals surface area contributed by atoms with Crippen molar-refractivity contribution >= 4 is 29.7 Å². The zero-order valence-electron chi connectivity index (χ0n) is 23.0. The molecule has 2 N–H and O–H groups in total. The lowest BCUT2D eigenvalue weighted by Gasteiger charge is -2.65. The van der Waals surface area contributed by atoms with Crippen LogP contribution in [-0.2, 0) is 38.7 Å². The van der Waals surface area contributed by atoms with Crippen molar-refractivity contribution in [2.45, 2.75) is 48.3 Å². The zero-order chi connectivity index (χ0) is 28.8. The van der Waals surface area contributed by atoms with Crippen LogP contribution in [0, 0.1) is 11.3 Å². The molecule has 7 rings (SSSR count). The number of carbonyl (C=O) groups is 3. The topological polar surface area (TPSA) is 127 Å². The molecule has 214 valence electrons. The predicted molar refractivity (Wildman–Crippen MR) is 145 cm³/mol. The highest BCUT2D eigenvalue weighted by Gasteiger charge is 2.93. The summed E-state index contributed by atoms with van der Waals surface area (Å²) in [5.41, 5.74) is -4.39. The number of esters is 3. The Morgan fingerprint density at radius 2 is 1.85 bits per heavy atom. The van der Waals surface area contributed by atoms with Crippen LogP contribution in [-0.4, -0.2) is 84.8 Å². The number of nitrogens with zero attached hydrogens (tertiary/aromatic N) is 1. The Morgan fingerprint density at radius 3 is 2.56 bits per heavy atom. The maximum atomic E-state index is 14.7. The van der Waals surface area contributed by atoms with Gasteiger partial charge >= 0.3 is 17.9 Å². The first-order valence-corrected chi connectivity index (χ1v) is 13.8. The van der Waals surface area contributed by atoms with Crippen LogP contribution in [0.5, 0.6) is 0 Å². The van der Waals surface area contributed by atoms with Gasteiger partial charge in [0.2, 0.25) is 5.72 Å². The molecular formula is C31H32N2O8. The van der Waals surface area contributed by atoms with Gasteiger partial charge in [-0.15, -0.1) is 0 Å². The second kappa shape index (κ2) is 8.64. The Morgan fingerprint density at radius 1 is 1.15 bits per heavy atom. The number of ether oxygens (including phenoxy) is 4. The Hall–Kier alpha value is -3.73. The van der Waals surface area contributed by atoms with Gasteiger partial charge in [-0.1, -0.05) is 54.6 Å². The van der Waals surface area contributed by atoms with Crippen molar-refractivity contribution in [2.24, 2.45) is 11.3 Å². The van der Waals surface area contributed by atoms with Gasteiger partial charge in [-0.25, -0.2) is 0 Å². The SMILES string of the molecule is COC(=O)C1(C(=O)OCC=Cc2ccccc2)C2C(O)C(N(C)CC23OC3C)C23Nc4ccccc4C21CC(=O)O3. The summed E-state index contributed by atoms with van der Waals surface area (Å²) < 4.78 is 23.7. The maximum absolute atomic E-state index is 14.7. The van der Waals surface area contributed by atoms with Gasteiger partial charge in [-0.2, -0.15) is 0 Å². The molecule has 10 nitrogen and oxygen atoms in total. The highest BCUT2D eigenvalue weighted by molar-refractivity contribution is 6.06. The number of rotatable bonds is 5. The van der Waals surface area contributed by atoms with E-state index < -0.39 is 58.1 Å². The molecule has 1 spiro atoms. The number of nitrogens with one attached hydrogen (secondary N) is 1. The smallest absolute Gasteiger partial charge is 0.325 e. The second-order valence-corrected chi connectivity index (χ2v) is 11.7. The Kier molecular flexibility index (Phi) is 5.52. The summed E-state index contributed by atoms with van der Waals surface area (Å²) in [5.74, 6) is -3.47. The number of aliphatic hydroxyl groups is 1. The first-order valence-electron chi connectivity index (χ1n) is 13.8. The summed E-state index contributed by atoms with van der Waals surface area (Å²) in [7, 11) is 3.03. The molecule has 10 heteroatoms. The van der Waals surface area contributed by atoms with Crippen molar-refractivity contribution in [3.8, 4) is 0 Å². The molecule has 41 heavy (non-hydrogen) atoms. The molecule has 8 atom stereocenters. The average Bonchev–Trinajstić information content (AvgIpc) is 3.33. The third-order valence-corrected chi connectivity index (χ3v) is 10.0. The molecule has 8 unspecified atom stereocenters. The zero-order valence-corrected chi connectivity index (χ0v) is 23.0. The van der Waals surface area contributed by atoms with E-state index in [-0.39, 0.29) is 19.1 Å². The van der Waals surface area contributed by atoms with Crippen LogP contribution in [0.15, 0.2) is 60.7 Å². The molecule has 4 heterocycles. The predicted octanol–water partition coefficient (Wildman–Crippen LogP) is 1.87. The number of anilines is 1. The first-order chi connectivity index (χ1) is 19.7. The number of carbonyl (C=O) groups excluding carboxylic acids is 3. The maximum Gasteiger partial charge on any atom is 0.325 e. The minimum atomic E-state index is -2.18. The molecule has 0 aromatic heterocycles. The van der Waals surface area contributed by atoms with Gasteiger partial charge in [0.1, 0.15) is 12.2 Å². The third-order valence-electron chi connectivity index (χ3n) is 10.0. The number of epoxide rings is 1. The lowest BCUT2D eigenvalue weighted by atomic mass is 9.41. The van der Waals surface area contributed by atoms with E-state index in [1.54, 1.807) is 18.2 Å². The van der Waals surface area contributed by atoms with Gasteiger partial charge in [-0.05, 0) is 37.2 Å². The van der Waals surface area contributed by atoms with Gasteiger partial charge in [0.15, 0.2) is 5.41 Å². The molecule has 5 aliphatic rings. The molecule has 3 saturated heterocycles. The molecule has 4 aliphatic heterocycles.